The van der Waals surface area contributed by atoms with Crippen molar-refractivity contribution in [2.24, 2.45) is 4.99 Å². The lowest BCUT2D eigenvalue weighted by Crippen LogP contribution is -2.39. The van der Waals surface area contributed by atoms with E-state index >= 15 is 0 Å². The van der Waals surface area contributed by atoms with Gasteiger partial charge < -0.3 is 14.7 Å². The van der Waals surface area contributed by atoms with Crippen LogP contribution in [0.4, 0.5) is 5.69 Å². The van der Waals surface area contributed by atoms with Crippen LogP contribution in [0, 0.1) is 10.1 Å². The third kappa shape index (κ3) is 5.00. The number of non-ortho nitro benzene ring substituents is 1. The Morgan fingerprint density at radius 3 is 2.66 bits per heavy atom. The van der Waals surface area contributed by atoms with E-state index in [1.54, 1.807) is 32.2 Å². The van der Waals surface area contributed by atoms with Gasteiger partial charge in [-0.1, -0.05) is 42.1 Å². The molecule has 8 nitrogen and oxygen atoms in total. The molecule has 0 saturated heterocycles. The van der Waals surface area contributed by atoms with Gasteiger partial charge in [-0.3, -0.25) is 10.1 Å². The number of carboxylic acids is 1. The molecule has 32 heavy (non-hydrogen) atoms. The van der Waals surface area contributed by atoms with Crippen molar-refractivity contribution in [3.63, 3.8) is 0 Å². The number of hydrogen-bond donors (Lipinski definition) is 1. The summed E-state index contributed by atoms with van der Waals surface area (Å²) in [7, 11) is 1.61. The number of nitro groups is 1. The van der Waals surface area contributed by atoms with Gasteiger partial charge >= 0.3 is 5.97 Å². The van der Waals surface area contributed by atoms with Gasteiger partial charge in [-0.2, -0.15) is 0 Å². The van der Waals surface area contributed by atoms with Gasteiger partial charge in [0.2, 0.25) is 0 Å². The fourth-order valence-corrected chi connectivity index (χ4v) is 4.50. The number of carboxylic acid groups (broad SMARTS) is 1. The van der Waals surface area contributed by atoms with E-state index in [1.165, 1.54) is 23.9 Å². The van der Waals surface area contributed by atoms with Gasteiger partial charge in [0.05, 0.1) is 29.3 Å². The molecular formula is C23H23N3O5S. The van der Waals surface area contributed by atoms with Crippen LogP contribution in [-0.2, 0) is 10.5 Å². The summed E-state index contributed by atoms with van der Waals surface area (Å²) in [4.78, 5) is 29.3. The van der Waals surface area contributed by atoms with Gasteiger partial charge in [0.1, 0.15) is 5.75 Å². The molecular weight excluding hydrogens is 430 g/mol. The Morgan fingerprint density at radius 2 is 2.06 bits per heavy atom. The number of thioether (sulfide) groups is 1. The van der Waals surface area contributed by atoms with Crippen molar-refractivity contribution in [2.45, 2.75) is 18.7 Å². The summed E-state index contributed by atoms with van der Waals surface area (Å²) in [6.07, 6.45) is 1.66. The van der Waals surface area contributed by atoms with Crippen LogP contribution in [0.5, 0.6) is 5.75 Å². The van der Waals surface area contributed by atoms with Gasteiger partial charge in [0.15, 0.2) is 5.17 Å². The summed E-state index contributed by atoms with van der Waals surface area (Å²) in [6.45, 7) is 5.77. The maximum absolute atomic E-state index is 12.1. The molecule has 1 aliphatic heterocycles. The SMILES string of the molecule is C=CCN1C(SCc2ccc(OC)cc2)=NC(C)=C(C(=O)O)C1c1cccc([N+](=O)[O-])c1. The Kier molecular flexibility index (Phi) is 7.32. The molecule has 166 valence electrons. The molecule has 9 heteroatoms. The Bertz CT molecular complexity index is 1100. The number of nitrogens with zero attached hydrogens (tertiary/aromatic N) is 3. The Balaban J connectivity index is 2.00. The van der Waals surface area contributed by atoms with Gasteiger partial charge in [0.25, 0.3) is 5.69 Å². The van der Waals surface area contributed by atoms with E-state index in [1.807, 2.05) is 29.2 Å². The highest BCUT2D eigenvalue weighted by atomic mass is 32.2. The second-order valence-electron chi connectivity index (χ2n) is 7.03. The van der Waals surface area contributed by atoms with Gasteiger partial charge in [-0.15, -0.1) is 6.58 Å². The number of ether oxygens (including phenoxy) is 1. The van der Waals surface area contributed by atoms with Crippen molar-refractivity contribution in [1.29, 1.82) is 0 Å². The van der Waals surface area contributed by atoms with Crippen LogP contribution in [0.15, 0.2) is 77.4 Å². The summed E-state index contributed by atoms with van der Waals surface area (Å²) in [5.74, 6) is 0.252. The Labute approximate surface area is 190 Å². The summed E-state index contributed by atoms with van der Waals surface area (Å²) in [6, 6.07) is 13.0. The third-order valence-corrected chi connectivity index (χ3v) is 6.03. The molecule has 0 fully saturated rings. The Morgan fingerprint density at radius 1 is 1.34 bits per heavy atom. The molecule has 0 amide bonds. The molecule has 2 aromatic carbocycles. The predicted molar refractivity (Wildman–Crippen MR) is 125 cm³/mol. The number of nitro benzene ring substituents is 1. The first-order valence-electron chi connectivity index (χ1n) is 9.76. The number of rotatable bonds is 8. The van der Waals surface area contributed by atoms with Crippen LogP contribution in [0.1, 0.15) is 24.1 Å². The van der Waals surface area contributed by atoms with Gasteiger partial charge in [0, 0.05) is 24.4 Å². The van der Waals surface area contributed by atoms with Crippen LogP contribution in [0.2, 0.25) is 0 Å². The van der Waals surface area contributed by atoms with Crippen LogP contribution in [0.3, 0.4) is 0 Å². The monoisotopic (exact) mass is 453 g/mol. The molecule has 3 rings (SSSR count). The van der Waals surface area contributed by atoms with Crippen molar-refractivity contribution in [3.8, 4) is 5.75 Å². The average molecular weight is 454 g/mol. The molecule has 1 heterocycles. The average Bonchev–Trinajstić information content (AvgIpc) is 2.78. The molecule has 0 aromatic heterocycles. The highest BCUT2D eigenvalue weighted by Gasteiger charge is 2.36. The van der Waals surface area contributed by atoms with Crippen molar-refractivity contribution in [2.75, 3.05) is 13.7 Å². The molecule has 1 N–H and O–H groups in total. The highest BCUT2D eigenvalue weighted by Crippen LogP contribution is 2.39. The normalized spacial score (nSPS) is 15.9. The second-order valence-corrected chi connectivity index (χ2v) is 7.97. The first kappa shape index (κ1) is 23.1. The third-order valence-electron chi connectivity index (χ3n) is 4.96. The van der Waals surface area contributed by atoms with Crippen molar-refractivity contribution in [1.82, 2.24) is 4.90 Å². The number of aliphatic carboxylic acids is 1. The van der Waals surface area contributed by atoms with Gasteiger partial charge in [-0.25, -0.2) is 9.79 Å². The zero-order chi connectivity index (χ0) is 23.3. The fourth-order valence-electron chi connectivity index (χ4n) is 3.47. The van der Waals surface area contributed by atoms with E-state index in [9.17, 15) is 20.0 Å². The number of hydrogen-bond acceptors (Lipinski definition) is 7. The first-order valence-corrected chi connectivity index (χ1v) is 10.7. The quantitative estimate of drug-likeness (QED) is 0.348. The molecule has 0 radical (unpaired) electrons. The molecule has 1 aliphatic rings. The van der Waals surface area contributed by atoms with E-state index in [4.69, 9.17) is 4.74 Å². The highest BCUT2D eigenvalue weighted by molar-refractivity contribution is 8.13. The zero-order valence-corrected chi connectivity index (χ0v) is 18.5. The lowest BCUT2D eigenvalue weighted by molar-refractivity contribution is -0.384. The topological polar surface area (TPSA) is 105 Å². The molecule has 0 bridgehead atoms. The number of carbonyl (C=O) groups is 1. The number of allylic oxidation sites excluding steroid dienone is 1. The first-order chi connectivity index (χ1) is 15.3. The minimum Gasteiger partial charge on any atom is -0.497 e. The fraction of sp³-hybridized carbons (Fsp3) is 0.217. The smallest absolute Gasteiger partial charge is 0.335 e. The number of benzene rings is 2. The molecule has 2 aromatic rings. The summed E-state index contributed by atoms with van der Waals surface area (Å²) < 4.78 is 5.19. The minimum absolute atomic E-state index is 0.0844. The summed E-state index contributed by atoms with van der Waals surface area (Å²) in [5.41, 5.74) is 1.91. The van der Waals surface area contributed by atoms with Crippen LogP contribution in [0.25, 0.3) is 0 Å². The molecule has 1 unspecified atom stereocenters. The molecule has 0 saturated carbocycles. The number of aliphatic imine (C=N–C) groups is 1. The van der Waals surface area contributed by atoms with E-state index < -0.39 is 16.9 Å². The largest absolute Gasteiger partial charge is 0.497 e. The van der Waals surface area contributed by atoms with E-state index in [-0.39, 0.29) is 11.3 Å². The maximum atomic E-state index is 12.1. The predicted octanol–water partition coefficient (Wildman–Crippen LogP) is 4.79. The molecule has 0 aliphatic carbocycles. The van der Waals surface area contributed by atoms with Crippen molar-refractivity contribution in [3.05, 3.63) is 93.7 Å². The summed E-state index contributed by atoms with van der Waals surface area (Å²) in [5, 5.41) is 21.8. The van der Waals surface area contributed by atoms with Crippen molar-refractivity contribution >= 4 is 28.6 Å². The zero-order valence-electron chi connectivity index (χ0n) is 17.7. The van der Waals surface area contributed by atoms with E-state index in [2.05, 4.69) is 11.6 Å². The lowest BCUT2D eigenvalue weighted by atomic mass is 9.94. The number of amidine groups is 1. The second kappa shape index (κ2) is 10.1. The van der Waals surface area contributed by atoms with Gasteiger partial charge in [-0.05, 0) is 30.2 Å². The van der Waals surface area contributed by atoms with Crippen molar-refractivity contribution < 1.29 is 19.6 Å². The minimum atomic E-state index is -1.11. The maximum Gasteiger partial charge on any atom is 0.335 e. The van der Waals surface area contributed by atoms with Crippen LogP contribution >= 0.6 is 11.8 Å². The lowest BCUT2D eigenvalue weighted by Gasteiger charge is -2.37. The standard InChI is InChI=1S/C23H23N3O5S/c1-4-12-25-21(17-6-5-7-18(13-17)26(29)30)20(22(27)28)15(2)24-23(25)32-14-16-8-10-19(31-3)11-9-16/h4-11,13,21H,1,12,14H2,2-3H3,(H,27,28). The molecule has 1 atom stereocenters. The molecule has 0 spiro atoms. The van der Waals surface area contributed by atoms with Crippen LogP contribution < -0.4 is 4.74 Å². The van der Waals surface area contributed by atoms with E-state index in [0.29, 0.717) is 28.7 Å². The van der Waals surface area contributed by atoms with Crippen LogP contribution in [-0.4, -0.2) is 39.7 Å². The number of methoxy groups -OCH3 is 1. The van der Waals surface area contributed by atoms with E-state index in [0.717, 1.165) is 11.3 Å². The Hall–Kier alpha value is -3.59. The summed E-state index contributed by atoms with van der Waals surface area (Å²) >= 11 is 1.46.